The minimum absolute atomic E-state index is 0.126. The van der Waals surface area contributed by atoms with Gasteiger partial charge in [-0.3, -0.25) is 0 Å². The van der Waals surface area contributed by atoms with E-state index in [2.05, 4.69) is 20.3 Å². The Morgan fingerprint density at radius 1 is 0.909 bits per heavy atom. The molecular formula is C16H18N4O2. The molecule has 0 amide bonds. The van der Waals surface area contributed by atoms with Crippen LogP contribution in [-0.2, 0) is 0 Å². The summed E-state index contributed by atoms with van der Waals surface area (Å²) in [7, 11) is 0. The van der Waals surface area contributed by atoms with E-state index in [9.17, 15) is 4.91 Å². The Balaban J connectivity index is 2.06. The summed E-state index contributed by atoms with van der Waals surface area (Å²) in [5.74, 6) is 0. The molecule has 0 aliphatic carbocycles. The molecule has 2 aromatic rings. The summed E-state index contributed by atoms with van der Waals surface area (Å²) in [4.78, 5) is 12.4. The van der Waals surface area contributed by atoms with Crippen LogP contribution >= 0.6 is 0 Å². The average molecular weight is 298 g/mol. The van der Waals surface area contributed by atoms with Crippen LogP contribution in [0.5, 0.6) is 0 Å². The Hall–Kier alpha value is -2.60. The predicted octanol–water partition coefficient (Wildman–Crippen LogP) is 4.32. The normalized spacial score (nSPS) is 10.8. The van der Waals surface area contributed by atoms with Gasteiger partial charge in [0, 0.05) is 18.8 Å². The molecule has 0 fully saturated rings. The Kier molecular flexibility index (Phi) is 5.73. The van der Waals surface area contributed by atoms with E-state index in [1.165, 1.54) is 0 Å². The van der Waals surface area contributed by atoms with Gasteiger partial charge in [-0.1, -0.05) is 0 Å². The minimum Gasteiger partial charge on any atom is -0.395 e. The van der Waals surface area contributed by atoms with Crippen LogP contribution in [-0.4, -0.2) is 24.8 Å². The summed E-state index contributed by atoms with van der Waals surface area (Å²) < 4.78 is 0. The number of rotatable bonds is 7. The van der Waals surface area contributed by atoms with Gasteiger partial charge in [-0.2, -0.15) is 10.2 Å². The average Bonchev–Trinajstić information content (AvgIpc) is 2.59. The highest BCUT2D eigenvalue weighted by Crippen LogP contribution is 2.23. The number of aliphatic hydroxyl groups is 1. The fraction of sp³-hybridized carbons (Fsp3) is 0.250. The molecule has 0 atom stereocenters. The van der Waals surface area contributed by atoms with Crippen LogP contribution in [0.15, 0.2) is 63.9 Å². The summed E-state index contributed by atoms with van der Waals surface area (Å²) in [6, 6.07) is 14.2. The lowest BCUT2D eigenvalue weighted by molar-refractivity contribution is 0.302. The molecular weight excluding hydrogens is 280 g/mol. The summed E-state index contributed by atoms with van der Waals surface area (Å²) in [6.45, 7) is 3.61. The Bertz CT molecular complexity index is 624. The maximum atomic E-state index is 10.3. The van der Waals surface area contributed by atoms with Gasteiger partial charge in [0.2, 0.25) is 0 Å². The lowest BCUT2D eigenvalue weighted by atomic mass is 10.2. The molecule has 0 unspecified atom stereocenters. The molecule has 114 valence electrons. The minimum atomic E-state index is 0.126. The lowest BCUT2D eigenvalue weighted by Gasteiger charge is -2.21. The molecule has 0 radical (unpaired) electrons. The van der Waals surface area contributed by atoms with Crippen molar-refractivity contribution in [3.05, 3.63) is 53.4 Å². The van der Waals surface area contributed by atoms with E-state index < -0.39 is 0 Å². The van der Waals surface area contributed by atoms with Crippen LogP contribution in [0.25, 0.3) is 0 Å². The van der Waals surface area contributed by atoms with Crippen molar-refractivity contribution in [1.29, 1.82) is 0 Å². The fourth-order valence-electron chi connectivity index (χ4n) is 2.02. The number of aliphatic hydroxyl groups excluding tert-OH is 1. The van der Waals surface area contributed by atoms with Crippen molar-refractivity contribution in [2.45, 2.75) is 6.92 Å². The quantitative estimate of drug-likeness (QED) is 0.611. The van der Waals surface area contributed by atoms with E-state index in [0.29, 0.717) is 17.9 Å². The summed E-state index contributed by atoms with van der Waals surface area (Å²) in [6.07, 6.45) is 0. The van der Waals surface area contributed by atoms with Gasteiger partial charge < -0.3 is 10.0 Å². The third kappa shape index (κ3) is 4.20. The molecule has 22 heavy (non-hydrogen) atoms. The smallest absolute Gasteiger partial charge is 0.108 e. The fourth-order valence-corrected chi connectivity index (χ4v) is 2.02. The van der Waals surface area contributed by atoms with E-state index in [1.807, 2.05) is 31.2 Å². The van der Waals surface area contributed by atoms with Gasteiger partial charge in [0.05, 0.1) is 18.0 Å². The van der Waals surface area contributed by atoms with Crippen molar-refractivity contribution in [3.8, 4) is 0 Å². The lowest BCUT2D eigenvalue weighted by Crippen LogP contribution is -2.25. The SMILES string of the molecule is CCN(CCO)c1ccc(N=Nc2ccc(N=O)cc2)cc1. The maximum Gasteiger partial charge on any atom is 0.108 e. The van der Waals surface area contributed by atoms with E-state index in [1.54, 1.807) is 24.3 Å². The van der Waals surface area contributed by atoms with Crippen molar-refractivity contribution in [2.75, 3.05) is 24.6 Å². The molecule has 0 aromatic heterocycles. The zero-order valence-electron chi connectivity index (χ0n) is 12.4. The van der Waals surface area contributed by atoms with Crippen LogP contribution in [0.2, 0.25) is 0 Å². The van der Waals surface area contributed by atoms with Gasteiger partial charge in [0.1, 0.15) is 5.69 Å². The van der Waals surface area contributed by atoms with E-state index in [4.69, 9.17) is 5.11 Å². The topological polar surface area (TPSA) is 77.6 Å². The molecule has 0 heterocycles. The van der Waals surface area contributed by atoms with Crippen LogP contribution < -0.4 is 4.90 Å². The number of likely N-dealkylation sites (N-methyl/N-ethyl adjacent to an activating group) is 1. The first kappa shape index (κ1) is 15.8. The number of benzene rings is 2. The molecule has 6 nitrogen and oxygen atoms in total. The highest BCUT2D eigenvalue weighted by atomic mass is 16.3. The van der Waals surface area contributed by atoms with Gasteiger partial charge >= 0.3 is 0 Å². The van der Waals surface area contributed by atoms with Crippen molar-refractivity contribution in [2.24, 2.45) is 15.4 Å². The summed E-state index contributed by atoms with van der Waals surface area (Å²) in [5.41, 5.74) is 2.80. The second-order valence-electron chi connectivity index (χ2n) is 4.63. The summed E-state index contributed by atoms with van der Waals surface area (Å²) >= 11 is 0. The van der Waals surface area contributed by atoms with Crippen LogP contribution in [0.1, 0.15) is 6.92 Å². The van der Waals surface area contributed by atoms with Crippen LogP contribution in [0.4, 0.5) is 22.7 Å². The van der Waals surface area contributed by atoms with Gasteiger partial charge in [0.25, 0.3) is 0 Å². The highest BCUT2D eigenvalue weighted by molar-refractivity contribution is 5.53. The van der Waals surface area contributed by atoms with Crippen molar-refractivity contribution >= 4 is 22.7 Å². The second kappa shape index (κ2) is 7.99. The van der Waals surface area contributed by atoms with E-state index >= 15 is 0 Å². The molecule has 0 bridgehead atoms. The first-order valence-electron chi connectivity index (χ1n) is 7.08. The van der Waals surface area contributed by atoms with Crippen LogP contribution in [0.3, 0.4) is 0 Å². The van der Waals surface area contributed by atoms with Crippen molar-refractivity contribution < 1.29 is 5.11 Å². The zero-order chi connectivity index (χ0) is 15.8. The molecule has 0 saturated carbocycles. The highest BCUT2D eigenvalue weighted by Gasteiger charge is 2.02. The van der Waals surface area contributed by atoms with Gasteiger partial charge in [-0.25, -0.2) is 0 Å². The Morgan fingerprint density at radius 3 is 1.86 bits per heavy atom. The first-order valence-corrected chi connectivity index (χ1v) is 7.08. The molecule has 6 heteroatoms. The molecule has 2 aromatic carbocycles. The Morgan fingerprint density at radius 2 is 1.41 bits per heavy atom. The number of anilines is 1. The molecule has 0 aliphatic heterocycles. The number of azo groups is 1. The third-order valence-electron chi connectivity index (χ3n) is 3.20. The number of hydrogen-bond donors (Lipinski definition) is 1. The third-order valence-corrected chi connectivity index (χ3v) is 3.20. The predicted molar refractivity (Wildman–Crippen MR) is 87.5 cm³/mol. The summed E-state index contributed by atoms with van der Waals surface area (Å²) in [5, 5.41) is 20.1. The van der Waals surface area contributed by atoms with Gasteiger partial charge in [-0.05, 0) is 60.6 Å². The number of nitroso groups, excluding NO2 is 1. The molecule has 2 rings (SSSR count). The van der Waals surface area contributed by atoms with Gasteiger partial charge in [0.15, 0.2) is 0 Å². The first-order chi connectivity index (χ1) is 10.8. The van der Waals surface area contributed by atoms with E-state index in [0.717, 1.165) is 17.9 Å². The Labute approximate surface area is 129 Å². The molecule has 1 N–H and O–H groups in total. The monoisotopic (exact) mass is 298 g/mol. The second-order valence-corrected chi connectivity index (χ2v) is 4.63. The van der Waals surface area contributed by atoms with Crippen LogP contribution in [0, 0.1) is 4.91 Å². The molecule has 0 spiro atoms. The standard InChI is InChI=1S/C16H18N4O2/c1-2-20(11-12-21)16-9-7-14(8-10-16)18-17-13-3-5-15(19-22)6-4-13/h3-10,21H,2,11-12H2,1H3. The van der Waals surface area contributed by atoms with Gasteiger partial charge in [-0.15, -0.1) is 4.91 Å². The number of hydrogen-bond acceptors (Lipinski definition) is 6. The maximum absolute atomic E-state index is 10.3. The molecule has 0 saturated heterocycles. The number of nitrogens with zero attached hydrogens (tertiary/aromatic N) is 4. The zero-order valence-corrected chi connectivity index (χ0v) is 12.4. The largest absolute Gasteiger partial charge is 0.395 e. The van der Waals surface area contributed by atoms with Crippen molar-refractivity contribution in [1.82, 2.24) is 0 Å². The van der Waals surface area contributed by atoms with Crippen molar-refractivity contribution in [3.63, 3.8) is 0 Å². The molecule has 0 aliphatic rings. The van der Waals surface area contributed by atoms with E-state index in [-0.39, 0.29) is 6.61 Å².